The highest BCUT2D eigenvalue weighted by atomic mass is 35.5. The molecule has 3 nitrogen and oxygen atoms in total. The molecule has 2 saturated heterocycles. The fourth-order valence-corrected chi connectivity index (χ4v) is 3.44. The predicted molar refractivity (Wildman–Crippen MR) is 76.2 cm³/mol. The minimum atomic E-state index is -0.189. The molecule has 0 bridgehead atoms. The minimum absolute atomic E-state index is 0. The van der Waals surface area contributed by atoms with Crippen molar-refractivity contribution in [2.45, 2.75) is 64.0 Å². The Kier molecular flexibility index (Phi) is 3.56. The Bertz CT molecular complexity index is 315. The average molecular weight is 274 g/mol. The maximum atomic E-state index is 6.22. The zero-order valence-corrected chi connectivity index (χ0v) is 12.7. The van der Waals surface area contributed by atoms with Crippen LogP contribution in [-0.4, -0.2) is 31.4 Å². The summed E-state index contributed by atoms with van der Waals surface area (Å²) in [5, 5.41) is 3.54. The van der Waals surface area contributed by atoms with Crippen LogP contribution in [0.25, 0.3) is 0 Å². The van der Waals surface area contributed by atoms with E-state index in [0.29, 0.717) is 11.2 Å². The van der Waals surface area contributed by atoms with E-state index in [2.05, 4.69) is 33.0 Å². The molecule has 0 aromatic rings. The van der Waals surface area contributed by atoms with Crippen LogP contribution in [-0.2, 0) is 9.31 Å². The van der Waals surface area contributed by atoms with Crippen molar-refractivity contribution < 1.29 is 9.31 Å². The Morgan fingerprint density at radius 3 is 2.06 bits per heavy atom. The summed E-state index contributed by atoms with van der Waals surface area (Å²) >= 11 is 0. The van der Waals surface area contributed by atoms with Crippen molar-refractivity contribution in [1.82, 2.24) is 5.32 Å². The van der Waals surface area contributed by atoms with E-state index in [0.717, 1.165) is 13.1 Å². The molecule has 1 unspecified atom stereocenters. The molecule has 3 rings (SSSR count). The van der Waals surface area contributed by atoms with E-state index in [1.54, 1.807) is 0 Å². The fourth-order valence-electron chi connectivity index (χ4n) is 3.44. The second kappa shape index (κ2) is 4.37. The maximum Gasteiger partial charge on any atom is 0.463 e. The van der Waals surface area contributed by atoms with Crippen LogP contribution < -0.4 is 5.32 Å². The molecular weight excluding hydrogens is 248 g/mol. The Labute approximate surface area is 117 Å². The van der Waals surface area contributed by atoms with E-state index in [4.69, 9.17) is 9.31 Å². The highest BCUT2D eigenvalue weighted by Crippen LogP contribution is 2.56. The Morgan fingerprint density at radius 2 is 1.61 bits per heavy atom. The summed E-state index contributed by atoms with van der Waals surface area (Å²) < 4.78 is 12.4. The number of halogens is 1. The SMILES string of the molecule is CC1(C)OB(C2CNCC23CCC3)OC1(C)C.Cl. The number of rotatable bonds is 1. The molecule has 5 heteroatoms. The summed E-state index contributed by atoms with van der Waals surface area (Å²) in [6.07, 6.45) is 4.06. The van der Waals surface area contributed by atoms with E-state index in [9.17, 15) is 0 Å². The van der Waals surface area contributed by atoms with Crippen molar-refractivity contribution in [1.29, 1.82) is 0 Å². The van der Waals surface area contributed by atoms with Crippen LogP contribution in [0, 0.1) is 5.41 Å². The highest BCUT2D eigenvalue weighted by molar-refractivity contribution is 6.48. The number of hydrogen-bond donors (Lipinski definition) is 1. The van der Waals surface area contributed by atoms with Gasteiger partial charge in [0.05, 0.1) is 11.2 Å². The summed E-state index contributed by atoms with van der Waals surface area (Å²) in [5.74, 6) is 0.539. The first-order valence-electron chi connectivity index (χ1n) is 6.93. The molecule has 3 fully saturated rings. The van der Waals surface area contributed by atoms with Crippen molar-refractivity contribution in [3.63, 3.8) is 0 Å². The molecule has 1 atom stereocenters. The lowest BCUT2D eigenvalue weighted by atomic mass is 9.51. The molecule has 1 spiro atoms. The molecule has 1 saturated carbocycles. The molecule has 18 heavy (non-hydrogen) atoms. The lowest BCUT2D eigenvalue weighted by Gasteiger charge is -2.43. The first kappa shape index (κ1) is 14.6. The smallest absolute Gasteiger partial charge is 0.403 e. The van der Waals surface area contributed by atoms with Gasteiger partial charge in [-0.05, 0) is 52.5 Å². The molecule has 2 heterocycles. The topological polar surface area (TPSA) is 30.5 Å². The van der Waals surface area contributed by atoms with Crippen LogP contribution in [0.1, 0.15) is 47.0 Å². The Hall–Kier alpha value is 0.235. The van der Waals surface area contributed by atoms with Crippen molar-refractivity contribution >= 4 is 19.5 Å². The molecule has 0 amide bonds. The standard InChI is InChI=1S/C13H24BNO2.ClH/c1-11(2)12(3,4)17-14(16-11)10-8-15-9-13(10)6-5-7-13;/h10,15H,5-9H2,1-4H3;1H. The predicted octanol–water partition coefficient (Wildman–Crippen LogP) is 2.64. The summed E-state index contributed by atoms with van der Waals surface area (Å²) in [5.41, 5.74) is 0.0948. The van der Waals surface area contributed by atoms with Crippen molar-refractivity contribution in [2.75, 3.05) is 13.1 Å². The van der Waals surface area contributed by atoms with Gasteiger partial charge in [-0.3, -0.25) is 0 Å². The van der Waals surface area contributed by atoms with Crippen LogP contribution in [0.3, 0.4) is 0 Å². The normalized spacial score (nSPS) is 35.3. The molecule has 0 aromatic carbocycles. The first-order chi connectivity index (χ1) is 7.86. The molecule has 2 aliphatic heterocycles. The largest absolute Gasteiger partial charge is 0.463 e. The van der Waals surface area contributed by atoms with Gasteiger partial charge in [-0.1, -0.05) is 6.42 Å². The van der Waals surface area contributed by atoms with E-state index < -0.39 is 0 Å². The average Bonchev–Trinajstić information content (AvgIpc) is 2.65. The summed E-state index contributed by atoms with van der Waals surface area (Å²) in [7, 11) is -0.0182. The number of hydrogen-bond acceptors (Lipinski definition) is 3. The molecular formula is C13H25BClNO2. The van der Waals surface area contributed by atoms with Crippen LogP contribution in [0.2, 0.25) is 5.82 Å². The second-order valence-corrected chi connectivity index (χ2v) is 7.08. The Balaban J connectivity index is 0.00000120. The van der Waals surface area contributed by atoms with Crippen LogP contribution in [0.4, 0.5) is 0 Å². The van der Waals surface area contributed by atoms with Gasteiger partial charge >= 0.3 is 7.12 Å². The molecule has 1 aliphatic carbocycles. The molecule has 1 N–H and O–H groups in total. The van der Waals surface area contributed by atoms with Crippen molar-refractivity contribution in [3.8, 4) is 0 Å². The zero-order chi connectivity index (χ0) is 12.3. The van der Waals surface area contributed by atoms with Gasteiger partial charge in [-0.2, -0.15) is 0 Å². The molecule has 0 aromatic heterocycles. The van der Waals surface area contributed by atoms with Crippen molar-refractivity contribution in [2.24, 2.45) is 5.41 Å². The molecule has 0 radical (unpaired) electrons. The molecule has 104 valence electrons. The Morgan fingerprint density at radius 1 is 1.06 bits per heavy atom. The third-order valence-corrected chi connectivity index (χ3v) is 5.58. The zero-order valence-electron chi connectivity index (χ0n) is 11.9. The summed E-state index contributed by atoms with van der Waals surface area (Å²) in [6.45, 7) is 10.8. The third kappa shape index (κ3) is 1.93. The molecule has 3 aliphatic rings. The first-order valence-corrected chi connectivity index (χ1v) is 6.93. The number of nitrogens with one attached hydrogen (secondary N) is 1. The van der Waals surface area contributed by atoms with Crippen LogP contribution in [0.5, 0.6) is 0 Å². The van der Waals surface area contributed by atoms with Gasteiger partial charge in [0, 0.05) is 12.4 Å². The van der Waals surface area contributed by atoms with Crippen LogP contribution in [0.15, 0.2) is 0 Å². The van der Waals surface area contributed by atoms with E-state index >= 15 is 0 Å². The van der Waals surface area contributed by atoms with Gasteiger partial charge in [0.15, 0.2) is 0 Å². The lowest BCUT2D eigenvalue weighted by molar-refractivity contribution is 0.00578. The monoisotopic (exact) mass is 273 g/mol. The highest BCUT2D eigenvalue weighted by Gasteiger charge is 2.60. The minimum Gasteiger partial charge on any atom is -0.403 e. The quantitative estimate of drug-likeness (QED) is 0.745. The fraction of sp³-hybridized carbons (Fsp3) is 1.00. The van der Waals surface area contributed by atoms with Gasteiger partial charge in [0.2, 0.25) is 0 Å². The second-order valence-electron chi connectivity index (χ2n) is 7.08. The van der Waals surface area contributed by atoms with Gasteiger partial charge in [-0.15, -0.1) is 12.4 Å². The summed E-state index contributed by atoms with van der Waals surface area (Å²) in [4.78, 5) is 0. The lowest BCUT2D eigenvalue weighted by Crippen LogP contribution is -2.42. The van der Waals surface area contributed by atoms with Gasteiger partial charge in [-0.25, -0.2) is 0 Å². The van der Waals surface area contributed by atoms with Gasteiger partial charge in [0.1, 0.15) is 0 Å². The van der Waals surface area contributed by atoms with Crippen LogP contribution >= 0.6 is 12.4 Å². The van der Waals surface area contributed by atoms with E-state index in [1.807, 2.05) is 0 Å². The van der Waals surface area contributed by atoms with Gasteiger partial charge < -0.3 is 14.6 Å². The maximum absolute atomic E-state index is 6.22. The van der Waals surface area contributed by atoms with E-state index in [1.165, 1.54) is 19.3 Å². The van der Waals surface area contributed by atoms with Crippen molar-refractivity contribution in [3.05, 3.63) is 0 Å². The third-order valence-electron chi connectivity index (χ3n) is 5.58. The summed E-state index contributed by atoms with van der Waals surface area (Å²) in [6, 6.07) is 0. The van der Waals surface area contributed by atoms with E-state index in [-0.39, 0.29) is 30.7 Å². The van der Waals surface area contributed by atoms with Gasteiger partial charge in [0.25, 0.3) is 0 Å².